The average Bonchev–Trinajstić information content (AvgIpc) is 2.30. The van der Waals surface area contributed by atoms with Crippen molar-refractivity contribution in [2.24, 2.45) is 0 Å². The van der Waals surface area contributed by atoms with Gasteiger partial charge < -0.3 is 10.1 Å². The number of para-hydroxylation sites is 1. The van der Waals surface area contributed by atoms with Gasteiger partial charge in [0.25, 0.3) is 0 Å². The molecule has 0 bridgehead atoms. The van der Waals surface area contributed by atoms with Crippen LogP contribution in [0.15, 0.2) is 18.2 Å². The van der Waals surface area contributed by atoms with E-state index in [4.69, 9.17) is 16.3 Å². The molecule has 3 rings (SSSR count). The lowest BCUT2D eigenvalue weighted by Gasteiger charge is -2.42. The Hall–Kier alpha value is -0.890. The molecule has 1 saturated carbocycles. The van der Waals surface area contributed by atoms with E-state index in [-0.39, 0.29) is 5.60 Å². The van der Waals surface area contributed by atoms with E-state index >= 15 is 0 Å². The third-order valence-electron chi connectivity index (χ3n) is 3.65. The molecule has 2 aliphatic rings. The Morgan fingerprint density at radius 2 is 2.00 bits per heavy atom. The van der Waals surface area contributed by atoms with E-state index in [1.54, 1.807) is 0 Å². The average molecular weight is 238 g/mol. The van der Waals surface area contributed by atoms with E-state index in [1.165, 1.54) is 19.3 Å². The van der Waals surface area contributed by atoms with Gasteiger partial charge in [-0.25, -0.2) is 0 Å². The Balaban J connectivity index is 1.91. The van der Waals surface area contributed by atoms with Crippen LogP contribution in [0.4, 0.5) is 5.69 Å². The van der Waals surface area contributed by atoms with Crippen molar-refractivity contribution in [1.29, 1.82) is 0 Å². The Labute approximate surface area is 101 Å². The first kappa shape index (κ1) is 10.3. The number of anilines is 1. The van der Waals surface area contributed by atoms with E-state index in [0.29, 0.717) is 0 Å². The van der Waals surface area contributed by atoms with Crippen molar-refractivity contribution in [3.63, 3.8) is 0 Å². The summed E-state index contributed by atoms with van der Waals surface area (Å²) in [6.07, 6.45) is 6.21. The van der Waals surface area contributed by atoms with Gasteiger partial charge in [0.15, 0.2) is 0 Å². The topological polar surface area (TPSA) is 21.3 Å². The van der Waals surface area contributed by atoms with E-state index in [0.717, 1.165) is 35.8 Å². The predicted molar refractivity (Wildman–Crippen MR) is 66.4 cm³/mol. The number of benzene rings is 1. The van der Waals surface area contributed by atoms with Crippen molar-refractivity contribution in [2.75, 3.05) is 11.9 Å². The van der Waals surface area contributed by atoms with E-state index < -0.39 is 0 Å². The standard InChI is InChI=1S/C13H16ClNO/c14-10-5-4-6-11-12(10)15-9-13(16-11)7-2-1-3-8-13/h4-6,15H,1-3,7-9H2. The first-order valence-corrected chi connectivity index (χ1v) is 6.38. The number of ether oxygens (including phenoxy) is 1. The molecule has 1 fully saturated rings. The number of fused-ring (bicyclic) bond motifs is 1. The lowest BCUT2D eigenvalue weighted by Crippen LogP contribution is -2.47. The van der Waals surface area contributed by atoms with E-state index in [2.05, 4.69) is 5.32 Å². The summed E-state index contributed by atoms with van der Waals surface area (Å²) in [4.78, 5) is 0. The van der Waals surface area contributed by atoms with Crippen molar-refractivity contribution in [1.82, 2.24) is 0 Å². The van der Waals surface area contributed by atoms with Gasteiger partial charge in [0.2, 0.25) is 0 Å². The lowest BCUT2D eigenvalue weighted by atomic mass is 9.83. The highest BCUT2D eigenvalue weighted by Crippen LogP contribution is 2.42. The molecule has 16 heavy (non-hydrogen) atoms. The smallest absolute Gasteiger partial charge is 0.144 e. The maximum absolute atomic E-state index is 6.19. The molecule has 1 heterocycles. The number of rotatable bonds is 0. The van der Waals surface area contributed by atoms with Crippen LogP contribution in [-0.2, 0) is 0 Å². The van der Waals surface area contributed by atoms with Gasteiger partial charge in [-0.05, 0) is 37.8 Å². The summed E-state index contributed by atoms with van der Waals surface area (Å²) >= 11 is 6.13. The molecular formula is C13H16ClNO. The van der Waals surface area contributed by atoms with Crippen LogP contribution >= 0.6 is 11.6 Å². The fourth-order valence-corrected chi connectivity index (χ4v) is 2.99. The third-order valence-corrected chi connectivity index (χ3v) is 3.97. The second kappa shape index (κ2) is 3.85. The number of halogens is 1. The van der Waals surface area contributed by atoms with Gasteiger partial charge in [-0.1, -0.05) is 24.1 Å². The fourth-order valence-electron chi connectivity index (χ4n) is 2.75. The van der Waals surface area contributed by atoms with Crippen molar-refractivity contribution in [2.45, 2.75) is 37.7 Å². The lowest BCUT2D eigenvalue weighted by molar-refractivity contribution is 0.0370. The van der Waals surface area contributed by atoms with Crippen molar-refractivity contribution in [3.05, 3.63) is 23.2 Å². The molecule has 1 aliphatic carbocycles. The van der Waals surface area contributed by atoms with Gasteiger partial charge >= 0.3 is 0 Å². The summed E-state index contributed by atoms with van der Waals surface area (Å²) in [6.45, 7) is 0.893. The maximum atomic E-state index is 6.19. The summed E-state index contributed by atoms with van der Waals surface area (Å²) in [5.41, 5.74) is 0.982. The number of hydrogen-bond donors (Lipinski definition) is 1. The maximum Gasteiger partial charge on any atom is 0.144 e. The minimum absolute atomic E-state index is 0.0237. The first-order valence-electron chi connectivity index (χ1n) is 6.01. The Morgan fingerprint density at radius 1 is 1.19 bits per heavy atom. The van der Waals surface area contributed by atoms with Crippen molar-refractivity contribution >= 4 is 17.3 Å². The van der Waals surface area contributed by atoms with Crippen LogP contribution in [0, 0.1) is 0 Å². The van der Waals surface area contributed by atoms with Crippen LogP contribution in [0.25, 0.3) is 0 Å². The molecule has 1 aromatic rings. The van der Waals surface area contributed by atoms with E-state index in [9.17, 15) is 0 Å². The van der Waals surface area contributed by atoms with Gasteiger partial charge in [-0.2, -0.15) is 0 Å². The molecule has 2 nitrogen and oxygen atoms in total. The van der Waals surface area contributed by atoms with Crippen LogP contribution < -0.4 is 10.1 Å². The highest BCUT2D eigenvalue weighted by molar-refractivity contribution is 6.33. The van der Waals surface area contributed by atoms with Gasteiger partial charge in [0.1, 0.15) is 11.4 Å². The Kier molecular flexibility index (Phi) is 2.47. The highest BCUT2D eigenvalue weighted by Gasteiger charge is 2.37. The molecular weight excluding hydrogens is 222 g/mol. The molecule has 0 atom stereocenters. The van der Waals surface area contributed by atoms with Crippen LogP contribution in [-0.4, -0.2) is 12.1 Å². The van der Waals surface area contributed by atoms with Crippen LogP contribution in [0.2, 0.25) is 5.02 Å². The summed E-state index contributed by atoms with van der Waals surface area (Å²) < 4.78 is 6.19. The summed E-state index contributed by atoms with van der Waals surface area (Å²) in [6, 6.07) is 5.85. The van der Waals surface area contributed by atoms with Crippen molar-refractivity contribution in [3.8, 4) is 5.75 Å². The minimum Gasteiger partial charge on any atom is -0.483 e. The monoisotopic (exact) mass is 237 g/mol. The normalized spacial score (nSPS) is 22.1. The minimum atomic E-state index is 0.0237. The van der Waals surface area contributed by atoms with Gasteiger partial charge in [0.05, 0.1) is 17.3 Å². The van der Waals surface area contributed by atoms with Gasteiger partial charge in [0, 0.05) is 0 Å². The summed E-state index contributed by atoms with van der Waals surface area (Å²) in [7, 11) is 0. The predicted octanol–water partition coefficient (Wildman–Crippen LogP) is 3.85. The molecule has 0 unspecified atom stereocenters. The molecule has 0 amide bonds. The molecule has 86 valence electrons. The zero-order valence-electron chi connectivity index (χ0n) is 9.26. The molecule has 0 radical (unpaired) electrons. The third kappa shape index (κ3) is 1.65. The second-order valence-corrected chi connectivity index (χ2v) is 5.22. The fraction of sp³-hybridized carbons (Fsp3) is 0.538. The van der Waals surface area contributed by atoms with E-state index in [1.807, 2.05) is 18.2 Å². The molecule has 0 aromatic heterocycles. The molecule has 3 heteroatoms. The molecule has 1 aromatic carbocycles. The van der Waals surface area contributed by atoms with Crippen LogP contribution in [0.5, 0.6) is 5.75 Å². The highest BCUT2D eigenvalue weighted by atomic mass is 35.5. The van der Waals surface area contributed by atoms with Crippen LogP contribution in [0.1, 0.15) is 32.1 Å². The largest absolute Gasteiger partial charge is 0.483 e. The number of nitrogens with one attached hydrogen (secondary N) is 1. The summed E-state index contributed by atoms with van der Waals surface area (Å²) in [5.74, 6) is 0.917. The zero-order valence-corrected chi connectivity index (χ0v) is 10.0. The SMILES string of the molecule is Clc1cccc2c1NCC1(CCCCC1)O2. The Bertz CT molecular complexity index is 399. The van der Waals surface area contributed by atoms with Crippen LogP contribution in [0.3, 0.4) is 0 Å². The van der Waals surface area contributed by atoms with Gasteiger partial charge in [-0.15, -0.1) is 0 Å². The molecule has 1 aliphatic heterocycles. The Morgan fingerprint density at radius 3 is 2.81 bits per heavy atom. The van der Waals surface area contributed by atoms with Gasteiger partial charge in [-0.3, -0.25) is 0 Å². The number of hydrogen-bond acceptors (Lipinski definition) is 2. The zero-order chi connectivity index (χ0) is 11.0. The second-order valence-electron chi connectivity index (χ2n) is 4.81. The molecule has 1 N–H and O–H groups in total. The quantitative estimate of drug-likeness (QED) is 0.740. The van der Waals surface area contributed by atoms with Crippen molar-refractivity contribution < 1.29 is 4.74 Å². The first-order chi connectivity index (χ1) is 7.79. The molecule has 1 spiro atoms. The summed E-state index contributed by atoms with van der Waals surface area (Å²) in [5, 5.41) is 4.19. The molecule has 0 saturated heterocycles.